The van der Waals surface area contributed by atoms with E-state index in [1.165, 1.54) is 0 Å². The first-order valence-corrected chi connectivity index (χ1v) is 6.34. The van der Waals surface area contributed by atoms with Gasteiger partial charge in [0.2, 0.25) is 0 Å². The SMILES string of the molecule is Cc1ccnc(N(C)Cc2nccn2C)c1C(N)=S. The summed E-state index contributed by atoms with van der Waals surface area (Å²) in [6, 6.07) is 1.91. The van der Waals surface area contributed by atoms with Crippen molar-refractivity contribution in [1.82, 2.24) is 14.5 Å². The fourth-order valence-electron chi connectivity index (χ4n) is 1.97. The van der Waals surface area contributed by atoms with Crippen molar-refractivity contribution in [2.75, 3.05) is 11.9 Å². The maximum Gasteiger partial charge on any atom is 0.139 e. The lowest BCUT2D eigenvalue weighted by Crippen LogP contribution is -2.25. The molecule has 2 N–H and O–H groups in total. The number of thiocarbonyl (C=S) groups is 1. The van der Waals surface area contributed by atoms with E-state index < -0.39 is 0 Å². The van der Waals surface area contributed by atoms with E-state index in [9.17, 15) is 0 Å². The van der Waals surface area contributed by atoms with Gasteiger partial charge in [-0.15, -0.1) is 0 Å². The Morgan fingerprint density at radius 1 is 1.42 bits per heavy atom. The Morgan fingerprint density at radius 2 is 2.16 bits per heavy atom. The van der Waals surface area contributed by atoms with Gasteiger partial charge in [0.05, 0.1) is 12.1 Å². The Kier molecular flexibility index (Phi) is 3.80. The molecule has 0 unspecified atom stereocenters. The summed E-state index contributed by atoms with van der Waals surface area (Å²) in [6.07, 6.45) is 5.46. The lowest BCUT2D eigenvalue weighted by atomic mass is 10.1. The Hall–Kier alpha value is -1.95. The second-order valence-electron chi connectivity index (χ2n) is 4.50. The predicted octanol–water partition coefficient (Wildman–Crippen LogP) is 1.39. The van der Waals surface area contributed by atoms with Crippen LogP contribution in [0.3, 0.4) is 0 Å². The molecule has 2 heterocycles. The monoisotopic (exact) mass is 275 g/mol. The van der Waals surface area contributed by atoms with Crippen molar-refractivity contribution in [3.8, 4) is 0 Å². The summed E-state index contributed by atoms with van der Waals surface area (Å²) >= 11 is 5.12. The maximum absolute atomic E-state index is 5.80. The molecule has 0 bridgehead atoms. The highest BCUT2D eigenvalue weighted by Gasteiger charge is 2.15. The van der Waals surface area contributed by atoms with E-state index in [1.807, 2.05) is 42.7 Å². The van der Waals surface area contributed by atoms with E-state index >= 15 is 0 Å². The molecular formula is C13H17N5S. The number of aromatic nitrogens is 3. The molecule has 0 fully saturated rings. The minimum absolute atomic E-state index is 0.368. The minimum Gasteiger partial charge on any atom is -0.389 e. The first-order chi connectivity index (χ1) is 9.00. The summed E-state index contributed by atoms with van der Waals surface area (Å²) in [5.41, 5.74) is 7.66. The van der Waals surface area contributed by atoms with E-state index in [0.29, 0.717) is 11.5 Å². The fourth-order valence-corrected chi connectivity index (χ4v) is 2.23. The number of hydrogen-bond donors (Lipinski definition) is 1. The average molecular weight is 275 g/mol. The molecule has 0 spiro atoms. The topological polar surface area (TPSA) is 60.0 Å². The van der Waals surface area contributed by atoms with Crippen molar-refractivity contribution in [3.05, 3.63) is 41.6 Å². The number of aryl methyl sites for hydroxylation is 2. The van der Waals surface area contributed by atoms with Crippen molar-refractivity contribution in [2.24, 2.45) is 12.8 Å². The van der Waals surface area contributed by atoms with Crippen LogP contribution in [-0.2, 0) is 13.6 Å². The van der Waals surface area contributed by atoms with Crippen LogP contribution in [0.4, 0.5) is 5.82 Å². The summed E-state index contributed by atoms with van der Waals surface area (Å²) in [5.74, 6) is 1.75. The van der Waals surface area contributed by atoms with Crippen molar-refractivity contribution < 1.29 is 0 Å². The Morgan fingerprint density at radius 3 is 2.74 bits per heavy atom. The first-order valence-electron chi connectivity index (χ1n) is 5.93. The van der Waals surface area contributed by atoms with Crippen LogP contribution in [-0.4, -0.2) is 26.6 Å². The Labute approximate surface area is 118 Å². The highest BCUT2D eigenvalue weighted by atomic mass is 32.1. The third-order valence-electron chi connectivity index (χ3n) is 3.05. The van der Waals surface area contributed by atoms with E-state index in [4.69, 9.17) is 18.0 Å². The van der Waals surface area contributed by atoms with Gasteiger partial charge in [0.1, 0.15) is 16.6 Å². The summed E-state index contributed by atoms with van der Waals surface area (Å²) in [5, 5.41) is 0. The van der Waals surface area contributed by atoms with E-state index in [-0.39, 0.29) is 0 Å². The van der Waals surface area contributed by atoms with E-state index in [1.54, 1.807) is 12.4 Å². The Bertz CT molecular complexity index is 605. The van der Waals surface area contributed by atoms with Crippen LogP contribution in [0.25, 0.3) is 0 Å². The molecule has 0 saturated heterocycles. The van der Waals surface area contributed by atoms with E-state index in [2.05, 4.69) is 9.97 Å². The first kappa shape index (κ1) is 13.5. The molecule has 0 atom stereocenters. The maximum atomic E-state index is 5.80. The van der Waals surface area contributed by atoms with Crippen LogP contribution in [0.15, 0.2) is 24.7 Å². The molecule has 0 aliphatic heterocycles. The van der Waals surface area contributed by atoms with Crippen molar-refractivity contribution in [2.45, 2.75) is 13.5 Å². The molecule has 0 saturated carbocycles. The predicted molar refractivity (Wildman–Crippen MR) is 80.2 cm³/mol. The van der Waals surface area contributed by atoms with Gasteiger partial charge in [-0.05, 0) is 18.6 Å². The van der Waals surface area contributed by atoms with E-state index in [0.717, 1.165) is 22.8 Å². The number of rotatable bonds is 4. The van der Waals surface area contributed by atoms with Crippen LogP contribution in [0, 0.1) is 6.92 Å². The zero-order valence-corrected chi connectivity index (χ0v) is 12.1. The average Bonchev–Trinajstić information content (AvgIpc) is 2.74. The molecule has 19 heavy (non-hydrogen) atoms. The van der Waals surface area contributed by atoms with Gasteiger partial charge >= 0.3 is 0 Å². The van der Waals surface area contributed by atoms with Crippen molar-refractivity contribution in [1.29, 1.82) is 0 Å². The number of anilines is 1. The zero-order chi connectivity index (χ0) is 14.0. The molecule has 6 heteroatoms. The van der Waals surface area contributed by atoms with Crippen LogP contribution < -0.4 is 10.6 Å². The van der Waals surface area contributed by atoms with Gasteiger partial charge in [-0.3, -0.25) is 0 Å². The highest BCUT2D eigenvalue weighted by Crippen LogP contribution is 2.21. The molecule has 2 aromatic rings. The minimum atomic E-state index is 0.368. The van der Waals surface area contributed by atoms with Crippen molar-refractivity contribution >= 4 is 23.0 Å². The fraction of sp³-hybridized carbons (Fsp3) is 0.308. The summed E-state index contributed by atoms with van der Waals surface area (Å²) in [6.45, 7) is 2.63. The number of nitrogens with zero attached hydrogens (tertiary/aromatic N) is 4. The third kappa shape index (κ3) is 2.73. The second kappa shape index (κ2) is 5.36. The smallest absolute Gasteiger partial charge is 0.139 e. The summed E-state index contributed by atoms with van der Waals surface area (Å²) in [7, 11) is 3.92. The van der Waals surface area contributed by atoms with Crippen LogP contribution in [0.2, 0.25) is 0 Å². The summed E-state index contributed by atoms with van der Waals surface area (Å²) < 4.78 is 1.98. The standard InChI is InChI=1S/C13H17N5S/c1-9-4-5-16-13(11(9)12(14)19)18(3)8-10-15-6-7-17(10)2/h4-7H,8H2,1-3H3,(H2,14,19). The Balaban J connectivity index is 2.34. The van der Waals surface area contributed by atoms with Gasteiger partial charge in [0, 0.05) is 32.7 Å². The molecule has 5 nitrogen and oxygen atoms in total. The third-order valence-corrected chi connectivity index (χ3v) is 3.25. The molecule has 0 amide bonds. The molecule has 0 aliphatic rings. The molecule has 0 aliphatic carbocycles. The quantitative estimate of drug-likeness (QED) is 0.855. The molecule has 2 aromatic heterocycles. The van der Waals surface area contributed by atoms with Gasteiger partial charge < -0.3 is 15.2 Å². The number of imidazole rings is 1. The molecule has 2 rings (SSSR count). The highest BCUT2D eigenvalue weighted by molar-refractivity contribution is 7.80. The lowest BCUT2D eigenvalue weighted by Gasteiger charge is -2.21. The number of hydrogen-bond acceptors (Lipinski definition) is 4. The van der Waals surface area contributed by atoms with Gasteiger partial charge in [-0.1, -0.05) is 12.2 Å². The number of pyridine rings is 1. The zero-order valence-electron chi connectivity index (χ0n) is 11.3. The molecule has 0 radical (unpaired) electrons. The van der Waals surface area contributed by atoms with Crippen molar-refractivity contribution in [3.63, 3.8) is 0 Å². The van der Waals surface area contributed by atoms with Crippen LogP contribution in [0.1, 0.15) is 17.0 Å². The second-order valence-corrected chi connectivity index (χ2v) is 4.94. The molecular weight excluding hydrogens is 258 g/mol. The lowest BCUT2D eigenvalue weighted by molar-refractivity contribution is 0.755. The number of nitrogens with two attached hydrogens (primary N) is 1. The van der Waals surface area contributed by atoms with Gasteiger partial charge in [0.15, 0.2) is 0 Å². The molecule has 0 aromatic carbocycles. The summed E-state index contributed by atoms with van der Waals surface area (Å²) in [4.78, 5) is 11.1. The van der Waals surface area contributed by atoms with Crippen LogP contribution in [0.5, 0.6) is 0 Å². The molecule has 100 valence electrons. The van der Waals surface area contributed by atoms with Gasteiger partial charge in [0.25, 0.3) is 0 Å². The normalized spacial score (nSPS) is 10.5. The largest absolute Gasteiger partial charge is 0.389 e. The van der Waals surface area contributed by atoms with Gasteiger partial charge in [-0.25, -0.2) is 9.97 Å². The van der Waals surface area contributed by atoms with Crippen LogP contribution >= 0.6 is 12.2 Å². The van der Waals surface area contributed by atoms with Gasteiger partial charge in [-0.2, -0.15) is 0 Å².